The highest BCUT2D eigenvalue weighted by Crippen LogP contribution is 2.28. The Labute approximate surface area is 123 Å². The highest BCUT2D eigenvalue weighted by Gasteiger charge is 2.08. The Morgan fingerprint density at radius 3 is 2.14 bits per heavy atom. The van der Waals surface area contributed by atoms with Crippen LogP contribution in [0.5, 0.6) is 17.2 Å². The summed E-state index contributed by atoms with van der Waals surface area (Å²) in [5, 5.41) is 6.05. The monoisotopic (exact) mass is 290 g/mol. The Balaban J connectivity index is 2.29. The van der Waals surface area contributed by atoms with E-state index in [0.717, 1.165) is 5.69 Å². The molecular weight excluding hydrogens is 272 g/mol. The maximum absolute atomic E-state index is 5.22. The summed E-state index contributed by atoms with van der Waals surface area (Å²) in [5.74, 6) is 2.98. The van der Waals surface area contributed by atoms with Crippen LogP contribution in [0.2, 0.25) is 0 Å². The fourth-order valence-corrected chi connectivity index (χ4v) is 1.77. The van der Waals surface area contributed by atoms with Gasteiger partial charge in [-0.25, -0.2) is 4.98 Å². The Morgan fingerprint density at radius 2 is 1.62 bits per heavy atom. The van der Waals surface area contributed by atoms with Crippen LogP contribution in [0.15, 0.2) is 24.4 Å². The lowest BCUT2D eigenvalue weighted by molar-refractivity contribution is 0.395. The quantitative estimate of drug-likeness (QED) is 0.845. The average Bonchev–Trinajstić information content (AvgIpc) is 2.54. The highest BCUT2D eigenvalue weighted by molar-refractivity contribution is 5.61. The highest BCUT2D eigenvalue weighted by atomic mass is 16.5. The lowest BCUT2D eigenvalue weighted by Gasteiger charge is -2.11. The number of ether oxygens (including phenoxy) is 3. The van der Waals surface area contributed by atoms with Crippen LogP contribution < -0.4 is 24.8 Å². The molecule has 0 aliphatic rings. The number of nitrogens with one attached hydrogen (secondary N) is 2. The molecule has 21 heavy (non-hydrogen) atoms. The minimum absolute atomic E-state index is 0.440. The van der Waals surface area contributed by atoms with Gasteiger partial charge in [0.25, 0.3) is 0 Å². The van der Waals surface area contributed by atoms with Gasteiger partial charge in [-0.3, -0.25) is 0 Å². The first-order valence-corrected chi connectivity index (χ1v) is 6.29. The number of nitrogens with zero attached hydrogens (tertiary/aromatic N) is 2. The summed E-state index contributed by atoms with van der Waals surface area (Å²) in [4.78, 5) is 8.52. The van der Waals surface area contributed by atoms with Crippen molar-refractivity contribution in [3.8, 4) is 17.2 Å². The maximum Gasteiger partial charge on any atom is 0.229 e. The van der Waals surface area contributed by atoms with Crippen molar-refractivity contribution in [3.05, 3.63) is 24.4 Å². The zero-order valence-electron chi connectivity index (χ0n) is 12.4. The summed E-state index contributed by atoms with van der Waals surface area (Å²) in [6, 6.07) is 5.45. The fraction of sp³-hybridized carbons (Fsp3) is 0.286. The molecule has 0 bridgehead atoms. The van der Waals surface area contributed by atoms with Gasteiger partial charge in [-0.15, -0.1) is 0 Å². The van der Waals surface area contributed by atoms with Gasteiger partial charge in [-0.2, -0.15) is 4.98 Å². The number of hydrogen-bond donors (Lipinski definition) is 2. The average molecular weight is 290 g/mol. The van der Waals surface area contributed by atoms with Crippen LogP contribution in [0.25, 0.3) is 0 Å². The molecule has 7 nitrogen and oxygen atoms in total. The summed E-state index contributed by atoms with van der Waals surface area (Å²) in [5.41, 5.74) is 0.762. The molecule has 2 N–H and O–H groups in total. The Hall–Kier alpha value is -2.70. The van der Waals surface area contributed by atoms with Crippen molar-refractivity contribution in [2.45, 2.75) is 0 Å². The summed E-state index contributed by atoms with van der Waals surface area (Å²) in [6.07, 6.45) is 1.60. The van der Waals surface area contributed by atoms with Crippen LogP contribution in [-0.4, -0.2) is 38.3 Å². The molecule has 0 radical (unpaired) electrons. The molecule has 0 saturated heterocycles. The second kappa shape index (κ2) is 6.65. The Kier molecular flexibility index (Phi) is 4.65. The normalized spacial score (nSPS) is 9.90. The predicted octanol–water partition coefficient (Wildman–Crippen LogP) is 2.29. The van der Waals surface area contributed by atoms with E-state index in [9.17, 15) is 0 Å². The maximum atomic E-state index is 5.22. The first-order chi connectivity index (χ1) is 10.2. The van der Waals surface area contributed by atoms with E-state index in [1.165, 1.54) is 0 Å². The number of methoxy groups -OCH3 is 3. The molecule has 7 heteroatoms. The van der Waals surface area contributed by atoms with Crippen molar-refractivity contribution < 1.29 is 14.2 Å². The van der Waals surface area contributed by atoms with E-state index in [1.54, 1.807) is 40.6 Å². The third kappa shape index (κ3) is 3.44. The second-order valence-corrected chi connectivity index (χ2v) is 4.09. The van der Waals surface area contributed by atoms with E-state index < -0.39 is 0 Å². The molecule has 0 amide bonds. The molecule has 2 rings (SSSR count). The van der Waals surface area contributed by atoms with Crippen LogP contribution in [0, 0.1) is 0 Å². The molecular formula is C14H18N4O3. The third-order valence-electron chi connectivity index (χ3n) is 2.82. The van der Waals surface area contributed by atoms with E-state index >= 15 is 0 Å². The largest absolute Gasteiger partial charge is 0.497 e. The number of benzene rings is 1. The Morgan fingerprint density at radius 1 is 0.952 bits per heavy atom. The number of aromatic nitrogens is 2. The van der Waals surface area contributed by atoms with Crippen molar-refractivity contribution >= 4 is 17.5 Å². The van der Waals surface area contributed by atoms with E-state index in [4.69, 9.17) is 14.2 Å². The van der Waals surface area contributed by atoms with Gasteiger partial charge in [0.2, 0.25) is 5.95 Å². The van der Waals surface area contributed by atoms with Gasteiger partial charge < -0.3 is 24.8 Å². The zero-order valence-corrected chi connectivity index (χ0v) is 12.4. The van der Waals surface area contributed by atoms with Gasteiger partial charge in [0.15, 0.2) is 11.6 Å². The minimum atomic E-state index is 0.440. The molecule has 1 aromatic carbocycles. The third-order valence-corrected chi connectivity index (χ3v) is 2.82. The smallest absolute Gasteiger partial charge is 0.229 e. The van der Waals surface area contributed by atoms with Crippen molar-refractivity contribution in [2.75, 3.05) is 39.0 Å². The first kappa shape index (κ1) is 14.7. The van der Waals surface area contributed by atoms with Crippen LogP contribution in [-0.2, 0) is 0 Å². The molecule has 0 atom stereocenters. The molecule has 0 aliphatic heterocycles. The van der Waals surface area contributed by atoms with Gasteiger partial charge in [0.05, 0.1) is 27.5 Å². The van der Waals surface area contributed by atoms with Gasteiger partial charge >= 0.3 is 0 Å². The first-order valence-electron chi connectivity index (χ1n) is 6.29. The van der Waals surface area contributed by atoms with E-state index in [0.29, 0.717) is 29.0 Å². The van der Waals surface area contributed by atoms with Gasteiger partial charge in [0, 0.05) is 30.9 Å². The number of rotatable bonds is 6. The molecule has 0 unspecified atom stereocenters. The second-order valence-electron chi connectivity index (χ2n) is 4.09. The van der Waals surface area contributed by atoms with Crippen molar-refractivity contribution in [2.24, 2.45) is 0 Å². The standard InChI is InChI=1S/C14H18N4O3/c1-15-13-12(21-4)8-16-14(18-13)17-9-5-10(19-2)7-11(6-9)20-3/h5-8H,1-4H3,(H2,15,16,17,18). The van der Waals surface area contributed by atoms with Crippen molar-refractivity contribution in [1.82, 2.24) is 9.97 Å². The van der Waals surface area contributed by atoms with Crippen LogP contribution in [0.4, 0.5) is 17.5 Å². The summed E-state index contributed by atoms with van der Waals surface area (Å²) >= 11 is 0. The molecule has 0 fully saturated rings. The van der Waals surface area contributed by atoms with Gasteiger partial charge in [-0.05, 0) is 0 Å². The molecule has 1 heterocycles. The molecule has 112 valence electrons. The predicted molar refractivity (Wildman–Crippen MR) is 81.0 cm³/mol. The SMILES string of the molecule is CNc1nc(Nc2cc(OC)cc(OC)c2)ncc1OC. The number of hydrogen-bond acceptors (Lipinski definition) is 7. The van der Waals surface area contributed by atoms with Crippen molar-refractivity contribution in [3.63, 3.8) is 0 Å². The van der Waals surface area contributed by atoms with Crippen LogP contribution in [0.1, 0.15) is 0 Å². The van der Waals surface area contributed by atoms with E-state index in [2.05, 4.69) is 20.6 Å². The molecule has 0 spiro atoms. The fourth-order valence-electron chi connectivity index (χ4n) is 1.77. The Bertz CT molecular complexity index is 597. The summed E-state index contributed by atoms with van der Waals surface area (Å²) in [6.45, 7) is 0. The molecule has 0 aliphatic carbocycles. The van der Waals surface area contributed by atoms with E-state index in [1.807, 2.05) is 12.1 Å². The summed E-state index contributed by atoms with van der Waals surface area (Å²) in [7, 11) is 6.53. The van der Waals surface area contributed by atoms with Gasteiger partial charge in [-0.1, -0.05) is 0 Å². The van der Waals surface area contributed by atoms with E-state index in [-0.39, 0.29) is 0 Å². The lowest BCUT2D eigenvalue weighted by atomic mass is 10.3. The van der Waals surface area contributed by atoms with Crippen LogP contribution in [0.3, 0.4) is 0 Å². The van der Waals surface area contributed by atoms with Crippen molar-refractivity contribution in [1.29, 1.82) is 0 Å². The molecule has 1 aromatic heterocycles. The topological polar surface area (TPSA) is 77.5 Å². The number of anilines is 3. The molecule has 2 aromatic rings. The lowest BCUT2D eigenvalue weighted by Crippen LogP contribution is -2.03. The zero-order chi connectivity index (χ0) is 15.2. The minimum Gasteiger partial charge on any atom is -0.497 e. The van der Waals surface area contributed by atoms with Crippen LogP contribution >= 0.6 is 0 Å². The summed E-state index contributed by atoms with van der Waals surface area (Å²) < 4.78 is 15.6. The molecule has 0 saturated carbocycles. The van der Waals surface area contributed by atoms with Gasteiger partial charge in [0.1, 0.15) is 11.5 Å².